The minimum atomic E-state index is 0.00357. The molecular formula is C16H20BrN3O. The van der Waals surface area contributed by atoms with Gasteiger partial charge in [0.15, 0.2) is 0 Å². The summed E-state index contributed by atoms with van der Waals surface area (Å²) in [5.41, 5.74) is 5.09. The Morgan fingerprint density at radius 1 is 1.29 bits per heavy atom. The molecule has 1 unspecified atom stereocenters. The van der Waals surface area contributed by atoms with Gasteiger partial charge in [-0.3, -0.25) is 16.3 Å². The fraction of sp³-hybridized carbons (Fsp3) is 0.312. The molecule has 4 nitrogen and oxygen atoms in total. The van der Waals surface area contributed by atoms with Crippen LogP contribution in [0.3, 0.4) is 0 Å². The van der Waals surface area contributed by atoms with Gasteiger partial charge in [-0.1, -0.05) is 35.0 Å². The molecule has 5 heteroatoms. The minimum Gasteiger partial charge on any atom is -0.492 e. The number of nitrogens with zero attached hydrogens (tertiary/aromatic N) is 1. The summed E-state index contributed by atoms with van der Waals surface area (Å²) in [6.45, 7) is 2.77. The molecule has 2 aromatic rings. The number of pyridine rings is 1. The SMILES string of the molecule is CCCOc1cncc(C(Cc2ccc(Br)cc2)NN)c1. The molecule has 21 heavy (non-hydrogen) atoms. The van der Waals surface area contributed by atoms with Crippen LogP contribution < -0.4 is 16.0 Å². The Balaban J connectivity index is 2.11. The van der Waals surface area contributed by atoms with E-state index in [1.807, 2.05) is 24.4 Å². The van der Waals surface area contributed by atoms with E-state index in [0.29, 0.717) is 6.61 Å². The van der Waals surface area contributed by atoms with E-state index in [0.717, 1.165) is 28.6 Å². The third kappa shape index (κ3) is 4.81. The predicted molar refractivity (Wildman–Crippen MR) is 87.9 cm³/mol. The van der Waals surface area contributed by atoms with Crippen LogP contribution in [-0.2, 0) is 6.42 Å². The Bertz CT molecular complexity index is 560. The maximum atomic E-state index is 5.70. The Labute approximate surface area is 133 Å². The van der Waals surface area contributed by atoms with Gasteiger partial charge in [-0.2, -0.15) is 0 Å². The molecule has 1 aromatic heterocycles. The van der Waals surface area contributed by atoms with Crippen LogP contribution in [0.1, 0.15) is 30.5 Å². The minimum absolute atomic E-state index is 0.00357. The van der Waals surface area contributed by atoms with Gasteiger partial charge in [0.1, 0.15) is 5.75 Å². The molecule has 3 N–H and O–H groups in total. The largest absolute Gasteiger partial charge is 0.492 e. The Morgan fingerprint density at radius 2 is 2.05 bits per heavy atom. The van der Waals surface area contributed by atoms with E-state index in [1.165, 1.54) is 5.56 Å². The Kier molecular flexibility index (Phi) is 6.17. The fourth-order valence-corrected chi connectivity index (χ4v) is 2.32. The second kappa shape index (κ2) is 8.12. The van der Waals surface area contributed by atoms with Gasteiger partial charge < -0.3 is 4.74 Å². The number of hydrogen-bond acceptors (Lipinski definition) is 4. The third-order valence-electron chi connectivity index (χ3n) is 3.16. The lowest BCUT2D eigenvalue weighted by Crippen LogP contribution is -2.29. The van der Waals surface area contributed by atoms with E-state index in [4.69, 9.17) is 10.6 Å². The van der Waals surface area contributed by atoms with Gasteiger partial charge in [0.2, 0.25) is 0 Å². The zero-order valence-electron chi connectivity index (χ0n) is 12.1. The number of aromatic nitrogens is 1. The standard InChI is InChI=1S/C16H20BrN3O/c1-2-7-21-15-9-13(10-19-11-15)16(20-18)8-12-3-5-14(17)6-4-12/h3-6,9-11,16,20H,2,7-8,18H2,1H3. The molecule has 0 bridgehead atoms. The Hall–Kier alpha value is -1.43. The van der Waals surface area contributed by atoms with Crippen molar-refractivity contribution in [1.82, 2.24) is 10.4 Å². The molecule has 0 aliphatic rings. The second-order valence-corrected chi connectivity index (χ2v) is 5.77. The van der Waals surface area contributed by atoms with Crippen LogP contribution in [0.2, 0.25) is 0 Å². The zero-order chi connectivity index (χ0) is 15.1. The first kappa shape index (κ1) is 15.9. The highest BCUT2D eigenvalue weighted by Crippen LogP contribution is 2.22. The average Bonchev–Trinajstić information content (AvgIpc) is 2.52. The summed E-state index contributed by atoms with van der Waals surface area (Å²) in [5, 5.41) is 0. The van der Waals surface area contributed by atoms with Crippen LogP contribution in [0, 0.1) is 0 Å². The van der Waals surface area contributed by atoms with E-state index >= 15 is 0 Å². The van der Waals surface area contributed by atoms with Crippen molar-refractivity contribution in [3.8, 4) is 5.75 Å². The van der Waals surface area contributed by atoms with Crippen molar-refractivity contribution < 1.29 is 4.74 Å². The monoisotopic (exact) mass is 349 g/mol. The summed E-state index contributed by atoms with van der Waals surface area (Å²) in [6, 6.07) is 10.2. The topological polar surface area (TPSA) is 60.2 Å². The van der Waals surface area contributed by atoms with Crippen molar-refractivity contribution in [3.63, 3.8) is 0 Å². The van der Waals surface area contributed by atoms with Crippen molar-refractivity contribution in [3.05, 3.63) is 58.3 Å². The first-order chi connectivity index (χ1) is 10.2. The van der Waals surface area contributed by atoms with E-state index in [1.54, 1.807) is 6.20 Å². The molecule has 0 saturated heterocycles. The molecular weight excluding hydrogens is 330 g/mol. The summed E-state index contributed by atoms with van der Waals surface area (Å²) < 4.78 is 6.69. The number of ether oxygens (including phenoxy) is 1. The van der Waals surface area contributed by atoms with Crippen molar-refractivity contribution in [2.45, 2.75) is 25.8 Å². The summed E-state index contributed by atoms with van der Waals surface area (Å²) >= 11 is 3.44. The van der Waals surface area contributed by atoms with Crippen molar-refractivity contribution >= 4 is 15.9 Å². The molecule has 2 rings (SSSR count). The molecule has 0 amide bonds. The second-order valence-electron chi connectivity index (χ2n) is 4.85. The number of nitrogens with two attached hydrogens (primary N) is 1. The van der Waals surface area contributed by atoms with E-state index in [9.17, 15) is 0 Å². The number of rotatable bonds is 7. The van der Waals surface area contributed by atoms with Gasteiger partial charge in [0.05, 0.1) is 18.8 Å². The van der Waals surface area contributed by atoms with Crippen LogP contribution in [0.15, 0.2) is 47.2 Å². The summed E-state index contributed by atoms with van der Waals surface area (Å²) in [6.07, 6.45) is 5.32. The zero-order valence-corrected chi connectivity index (χ0v) is 13.6. The van der Waals surface area contributed by atoms with Gasteiger partial charge in [-0.25, -0.2) is 0 Å². The molecule has 0 aliphatic carbocycles. The Morgan fingerprint density at radius 3 is 2.71 bits per heavy atom. The molecule has 112 valence electrons. The molecule has 0 fully saturated rings. The van der Waals surface area contributed by atoms with Crippen LogP contribution in [0.25, 0.3) is 0 Å². The highest BCUT2D eigenvalue weighted by molar-refractivity contribution is 9.10. The van der Waals surface area contributed by atoms with Gasteiger partial charge >= 0.3 is 0 Å². The number of nitrogens with one attached hydrogen (secondary N) is 1. The van der Waals surface area contributed by atoms with Gasteiger partial charge in [-0.15, -0.1) is 0 Å². The molecule has 1 heterocycles. The molecule has 0 saturated carbocycles. The lowest BCUT2D eigenvalue weighted by Gasteiger charge is -2.17. The van der Waals surface area contributed by atoms with Gasteiger partial charge in [0.25, 0.3) is 0 Å². The van der Waals surface area contributed by atoms with Crippen LogP contribution in [0.5, 0.6) is 5.75 Å². The summed E-state index contributed by atoms with van der Waals surface area (Å²) in [5.74, 6) is 6.49. The van der Waals surface area contributed by atoms with E-state index < -0.39 is 0 Å². The van der Waals surface area contributed by atoms with Gasteiger partial charge in [0, 0.05) is 10.7 Å². The van der Waals surface area contributed by atoms with Crippen molar-refractivity contribution in [2.24, 2.45) is 5.84 Å². The maximum Gasteiger partial charge on any atom is 0.137 e. The van der Waals surface area contributed by atoms with E-state index in [-0.39, 0.29) is 6.04 Å². The normalized spacial score (nSPS) is 12.1. The molecule has 1 aromatic carbocycles. The summed E-state index contributed by atoms with van der Waals surface area (Å²) in [4.78, 5) is 4.23. The molecule has 1 atom stereocenters. The first-order valence-corrected chi connectivity index (χ1v) is 7.80. The average molecular weight is 350 g/mol. The van der Waals surface area contributed by atoms with Crippen LogP contribution in [0.4, 0.5) is 0 Å². The fourth-order valence-electron chi connectivity index (χ4n) is 2.05. The lowest BCUT2D eigenvalue weighted by molar-refractivity contribution is 0.315. The molecule has 0 radical (unpaired) electrons. The highest BCUT2D eigenvalue weighted by Gasteiger charge is 2.12. The summed E-state index contributed by atoms with van der Waals surface area (Å²) in [7, 11) is 0. The smallest absolute Gasteiger partial charge is 0.137 e. The number of halogens is 1. The predicted octanol–water partition coefficient (Wildman–Crippen LogP) is 3.38. The quantitative estimate of drug-likeness (QED) is 0.594. The number of benzene rings is 1. The highest BCUT2D eigenvalue weighted by atomic mass is 79.9. The van der Waals surface area contributed by atoms with E-state index in [2.05, 4.69) is 45.4 Å². The molecule has 0 spiro atoms. The van der Waals surface area contributed by atoms with Crippen LogP contribution >= 0.6 is 15.9 Å². The van der Waals surface area contributed by atoms with Gasteiger partial charge in [-0.05, 0) is 42.2 Å². The third-order valence-corrected chi connectivity index (χ3v) is 3.69. The molecule has 0 aliphatic heterocycles. The number of hydrogen-bond donors (Lipinski definition) is 2. The lowest BCUT2D eigenvalue weighted by atomic mass is 10.0. The number of hydrazine groups is 1. The maximum absolute atomic E-state index is 5.70. The van der Waals surface area contributed by atoms with Crippen molar-refractivity contribution in [1.29, 1.82) is 0 Å². The van der Waals surface area contributed by atoms with Crippen LogP contribution in [-0.4, -0.2) is 11.6 Å². The van der Waals surface area contributed by atoms with Crippen molar-refractivity contribution in [2.75, 3.05) is 6.61 Å². The first-order valence-electron chi connectivity index (χ1n) is 7.01.